The fourth-order valence-corrected chi connectivity index (χ4v) is 3.38. The average Bonchev–Trinajstić information content (AvgIpc) is 3.48. The van der Waals surface area contributed by atoms with Gasteiger partial charge in [0.05, 0.1) is 13.2 Å². The highest BCUT2D eigenvalue weighted by molar-refractivity contribution is 5.80. The first-order chi connectivity index (χ1) is 13.1. The zero-order chi connectivity index (χ0) is 19.1. The summed E-state index contributed by atoms with van der Waals surface area (Å²) >= 11 is 0. The predicted octanol–water partition coefficient (Wildman–Crippen LogP) is 1.92. The highest BCUT2D eigenvalue weighted by atomic mass is 16.5. The number of aromatic nitrogens is 1. The van der Waals surface area contributed by atoms with Gasteiger partial charge in [0, 0.05) is 38.3 Å². The molecule has 3 N–H and O–H groups in total. The van der Waals surface area contributed by atoms with E-state index in [-0.39, 0.29) is 5.91 Å². The zero-order valence-electron chi connectivity index (χ0n) is 16.2. The van der Waals surface area contributed by atoms with Gasteiger partial charge in [0.25, 0.3) is 0 Å². The van der Waals surface area contributed by atoms with E-state index in [1.807, 2.05) is 18.3 Å². The minimum Gasteiger partial charge on any atom is -0.477 e. The number of primary amides is 1. The van der Waals surface area contributed by atoms with Crippen molar-refractivity contribution >= 4 is 11.9 Å². The van der Waals surface area contributed by atoms with Crippen LogP contribution in [0.1, 0.15) is 44.6 Å². The zero-order valence-corrected chi connectivity index (χ0v) is 16.2. The van der Waals surface area contributed by atoms with Crippen LogP contribution in [0.25, 0.3) is 0 Å². The van der Waals surface area contributed by atoms with Gasteiger partial charge >= 0.3 is 0 Å². The molecule has 7 nitrogen and oxygen atoms in total. The molecule has 0 spiro atoms. The van der Waals surface area contributed by atoms with Crippen molar-refractivity contribution in [1.82, 2.24) is 15.2 Å². The number of rotatable bonds is 8. The van der Waals surface area contributed by atoms with Crippen LogP contribution in [0.3, 0.4) is 0 Å². The standard InChI is InChI=1S/C20H31N5O2/c1-2-22-20(25-9-3-4-16(13-25)10-18(21)26)24-12-17-7-8-19(23-11-17)27-14-15-5-6-15/h7-8,11,15-16H,2-6,9-10,12-14H2,1H3,(H2,21,26)(H,22,24). The van der Waals surface area contributed by atoms with Crippen molar-refractivity contribution in [1.29, 1.82) is 0 Å². The van der Waals surface area contributed by atoms with Gasteiger partial charge in [-0.05, 0) is 50.0 Å². The number of ether oxygens (including phenoxy) is 1. The highest BCUT2D eigenvalue weighted by Gasteiger charge is 2.24. The van der Waals surface area contributed by atoms with E-state index < -0.39 is 0 Å². The predicted molar refractivity (Wildman–Crippen MR) is 105 cm³/mol. The number of carbonyl (C=O) groups is 1. The highest BCUT2D eigenvalue weighted by Crippen LogP contribution is 2.29. The SMILES string of the molecule is CCNC(=NCc1ccc(OCC2CC2)nc1)N1CCCC(CC(N)=O)C1. The van der Waals surface area contributed by atoms with Gasteiger partial charge in [-0.2, -0.15) is 0 Å². The normalized spacial score (nSPS) is 20.4. The smallest absolute Gasteiger partial charge is 0.217 e. The van der Waals surface area contributed by atoms with Gasteiger partial charge in [0.1, 0.15) is 0 Å². The van der Waals surface area contributed by atoms with E-state index in [9.17, 15) is 4.79 Å². The second kappa shape index (κ2) is 9.58. The number of amides is 1. The molecule has 1 aliphatic carbocycles. The third-order valence-electron chi connectivity index (χ3n) is 5.02. The molecule has 1 aromatic rings. The average molecular weight is 374 g/mol. The lowest BCUT2D eigenvalue weighted by atomic mass is 9.95. The number of nitrogens with one attached hydrogen (secondary N) is 1. The van der Waals surface area contributed by atoms with E-state index in [4.69, 9.17) is 15.5 Å². The van der Waals surface area contributed by atoms with Crippen LogP contribution in [0, 0.1) is 11.8 Å². The van der Waals surface area contributed by atoms with E-state index in [0.29, 0.717) is 24.8 Å². The van der Waals surface area contributed by atoms with Crippen molar-refractivity contribution < 1.29 is 9.53 Å². The Bertz CT molecular complexity index is 642. The molecule has 2 fully saturated rings. The number of nitrogens with zero attached hydrogens (tertiary/aromatic N) is 3. The lowest BCUT2D eigenvalue weighted by Crippen LogP contribution is -2.47. The van der Waals surface area contributed by atoms with Gasteiger partial charge in [-0.25, -0.2) is 9.98 Å². The second-order valence-corrected chi connectivity index (χ2v) is 7.55. The summed E-state index contributed by atoms with van der Waals surface area (Å²) in [5.74, 6) is 2.39. The molecule has 2 aliphatic rings. The minimum absolute atomic E-state index is 0.223. The van der Waals surface area contributed by atoms with E-state index >= 15 is 0 Å². The fourth-order valence-electron chi connectivity index (χ4n) is 3.38. The Balaban J connectivity index is 1.56. The molecule has 7 heteroatoms. The number of aliphatic imine (C=N–C) groups is 1. The molecule has 1 unspecified atom stereocenters. The summed E-state index contributed by atoms with van der Waals surface area (Å²) < 4.78 is 5.68. The Morgan fingerprint density at radius 3 is 2.89 bits per heavy atom. The molecule has 2 heterocycles. The quantitative estimate of drug-likeness (QED) is 0.536. The fraction of sp³-hybridized carbons (Fsp3) is 0.650. The first-order valence-electron chi connectivity index (χ1n) is 10.0. The maximum absolute atomic E-state index is 11.2. The van der Waals surface area contributed by atoms with Crippen molar-refractivity contribution in [3.63, 3.8) is 0 Å². The van der Waals surface area contributed by atoms with Crippen LogP contribution in [0.2, 0.25) is 0 Å². The van der Waals surface area contributed by atoms with Crippen LogP contribution < -0.4 is 15.8 Å². The van der Waals surface area contributed by atoms with Crippen molar-refractivity contribution in [2.24, 2.45) is 22.6 Å². The minimum atomic E-state index is -0.223. The number of nitrogens with two attached hydrogens (primary N) is 1. The van der Waals surface area contributed by atoms with Crippen LogP contribution in [0.4, 0.5) is 0 Å². The van der Waals surface area contributed by atoms with Gasteiger partial charge < -0.3 is 20.7 Å². The van der Waals surface area contributed by atoms with E-state index in [0.717, 1.165) is 56.5 Å². The molecular weight excluding hydrogens is 342 g/mol. The number of guanidine groups is 1. The Hall–Kier alpha value is -2.31. The van der Waals surface area contributed by atoms with Crippen molar-refractivity contribution in [3.8, 4) is 5.88 Å². The van der Waals surface area contributed by atoms with Crippen molar-refractivity contribution in [3.05, 3.63) is 23.9 Å². The topological polar surface area (TPSA) is 92.8 Å². The summed E-state index contributed by atoms with van der Waals surface area (Å²) in [5.41, 5.74) is 6.42. The molecule has 0 bridgehead atoms. The number of piperidine rings is 1. The van der Waals surface area contributed by atoms with E-state index in [2.05, 4.69) is 22.1 Å². The van der Waals surface area contributed by atoms with E-state index in [1.54, 1.807) is 0 Å². The molecular formula is C20H31N5O2. The molecule has 3 rings (SSSR count). The van der Waals surface area contributed by atoms with Crippen molar-refractivity contribution in [2.45, 2.75) is 45.6 Å². The summed E-state index contributed by atoms with van der Waals surface area (Å²) in [6, 6.07) is 3.94. The maximum Gasteiger partial charge on any atom is 0.217 e. The van der Waals surface area contributed by atoms with Crippen LogP contribution in [-0.4, -0.2) is 48.0 Å². The van der Waals surface area contributed by atoms with Gasteiger partial charge in [0.15, 0.2) is 5.96 Å². The third-order valence-corrected chi connectivity index (χ3v) is 5.02. The molecule has 1 saturated carbocycles. The van der Waals surface area contributed by atoms with Crippen LogP contribution in [-0.2, 0) is 11.3 Å². The van der Waals surface area contributed by atoms with Crippen LogP contribution in [0.5, 0.6) is 5.88 Å². The van der Waals surface area contributed by atoms with Gasteiger partial charge in [-0.1, -0.05) is 6.07 Å². The largest absolute Gasteiger partial charge is 0.477 e. The number of carbonyl (C=O) groups excluding carboxylic acids is 1. The first kappa shape index (κ1) is 19.5. The summed E-state index contributed by atoms with van der Waals surface area (Å²) in [4.78, 5) is 22.6. The molecule has 0 radical (unpaired) electrons. The Labute approximate surface area is 161 Å². The monoisotopic (exact) mass is 373 g/mol. The molecule has 1 atom stereocenters. The summed E-state index contributed by atoms with van der Waals surface area (Å²) in [7, 11) is 0. The lowest BCUT2D eigenvalue weighted by molar-refractivity contribution is -0.119. The number of hydrogen-bond donors (Lipinski definition) is 2. The summed E-state index contributed by atoms with van der Waals surface area (Å²) in [6.07, 6.45) is 6.93. The first-order valence-corrected chi connectivity index (χ1v) is 10.0. The van der Waals surface area contributed by atoms with Crippen molar-refractivity contribution in [2.75, 3.05) is 26.2 Å². The Morgan fingerprint density at radius 2 is 2.22 bits per heavy atom. The Morgan fingerprint density at radius 1 is 1.37 bits per heavy atom. The van der Waals surface area contributed by atoms with Gasteiger partial charge in [0.2, 0.25) is 11.8 Å². The molecule has 1 aliphatic heterocycles. The maximum atomic E-state index is 11.2. The Kier molecular flexibility index (Phi) is 6.90. The number of likely N-dealkylation sites (tertiary alicyclic amines) is 1. The molecule has 27 heavy (non-hydrogen) atoms. The number of pyridine rings is 1. The lowest BCUT2D eigenvalue weighted by Gasteiger charge is -2.34. The molecule has 1 saturated heterocycles. The van der Waals surface area contributed by atoms with E-state index in [1.165, 1.54) is 12.8 Å². The van der Waals surface area contributed by atoms with Crippen LogP contribution in [0.15, 0.2) is 23.3 Å². The number of hydrogen-bond acceptors (Lipinski definition) is 4. The molecule has 148 valence electrons. The molecule has 1 aromatic heterocycles. The molecule has 1 amide bonds. The summed E-state index contributed by atoms with van der Waals surface area (Å²) in [6.45, 7) is 5.98. The van der Waals surface area contributed by atoms with Gasteiger partial charge in [-0.3, -0.25) is 4.79 Å². The summed E-state index contributed by atoms with van der Waals surface area (Å²) in [5, 5.41) is 3.36. The van der Waals surface area contributed by atoms with Gasteiger partial charge in [-0.15, -0.1) is 0 Å². The second-order valence-electron chi connectivity index (χ2n) is 7.55. The third kappa shape index (κ3) is 6.41. The molecule has 0 aromatic carbocycles. The van der Waals surface area contributed by atoms with Crippen LogP contribution >= 0.6 is 0 Å².